The molecule has 1 aliphatic carbocycles. The Morgan fingerprint density at radius 2 is 1.42 bits per heavy atom. The molecule has 1 rings (SSSR count). The standard InChI is InChI=1S/C46H80NO11P/c1-6-8-10-11-12-13-14-15-16-17-18-19-20-21-27-31-46(52)58-40(38-57-59(53,54)56-35-34-47(3,4)5)37-55-45(51)30-26-23-22-25-29-41-42(44(50)36-43(41)49)33-32-39(48)28-24-9-7-2/h12-13,15-16,22,25,32-33,39-43,48-49H,6-11,14,17-21,23-24,26-31,34-38H2,1-5H3/b13-12-,16-15-,25-22-,33-32+/t39-,40+,41+,42+,43-/m0/s1. The third kappa shape index (κ3) is 30.3. The van der Waals surface area contributed by atoms with Gasteiger partial charge in [-0.25, -0.2) is 0 Å². The lowest BCUT2D eigenvalue weighted by molar-refractivity contribution is -0.870. The van der Waals surface area contributed by atoms with Crippen LogP contribution in [0.1, 0.15) is 149 Å². The summed E-state index contributed by atoms with van der Waals surface area (Å²) in [5.41, 5.74) is 0. The van der Waals surface area contributed by atoms with E-state index < -0.39 is 50.6 Å². The van der Waals surface area contributed by atoms with E-state index >= 15 is 0 Å². The van der Waals surface area contributed by atoms with Crippen molar-refractivity contribution in [1.29, 1.82) is 0 Å². The highest BCUT2D eigenvalue weighted by Gasteiger charge is 2.39. The first-order chi connectivity index (χ1) is 28.2. The molecule has 0 radical (unpaired) electrons. The van der Waals surface area contributed by atoms with E-state index in [4.69, 9.17) is 18.5 Å². The Balaban J connectivity index is 2.52. The van der Waals surface area contributed by atoms with Crippen molar-refractivity contribution in [2.24, 2.45) is 11.8 Å². The van der Waals surface area contributed by atoms with Gasteiger partial charge < -0.3 is 38.1 Å². The largest absolute Gasteiger partial charge is 0.756 e. The molecule has 1 aliphatic rings. The van der Waals surface area contributed by atoms with Gasteiger partial charge in [-0.2, -0.15) is 0 Å². The lowest BCUT2D eigenvalue weighted by Gasteiger charge is -2.28. The number of hydrogen-bond donors (Lipinski definition) is 2. The van der Waals surface area contributed by atoms with Crippen molar-refractivity contribution in [2.45, 2.75) is 167 Å². The van der Waals surface area contributed by atoms with Crippen molar-refractivity contribution in [3.05, 3.63) is 48.6 Å². The fourth-order valence-corrected chi connectivity index (χ4v) is 7.28. The molecule has 1 fully saturated rings. The number of aliphatic hydroxyl groups excluding tert-OH is 2. The normalized spacial score (nSPS) is 19.7. The number of esters is 2. The number of quaternary nitrogens is 1. The van der Waals surface area contributed by atoms with Gasteiger partial charge in [0.2, 0.25) is 0 Å². The van der Waals surface area contributed by atoms with E-state index in [0.717, 1.165) is 64.2 Å². The summed E-state index contributed by atoms with van der Waals surface area (Å²) in [6.07, 6.45) is 30.7. The molecule has 0 heterocycles. The van der Waals surface area contributed by atoms with Crippen LogP contribution in [0, 0.1) is 11.8 Å². The number of nitrogens with zero attached hydrogens (tertiary/aromatic N) is 1. The predicted molar refractivity (Wildman–Crippen MR) is 232 cm³/mol. The Morgan fingerprint density at radius 1 is 0.814 bits per heavy atom. The molecule has 59 heavy (non-hydrogen) atoms. The van der Waals surface area contributed by atoms with Crippen LogP contribution in [-0.2, 0) is 37.5 Å². The monoisotopic (exact) mass is 854 g/mol. The molecule has 0 aromatic rings. The molecule has 0 aliphatic heterocycles. The smallest absolute Gasteiger partial charge is 0.306 e. The number of ketones is 1. The molecule has 1 saturated carbocycles. The second-order valence-electron chi connectivity index (χ2n) is 16.8. The molecular weight excluding hydrogens is 773 g/mol. The molecule has 340 valence electrons. The zero-order valence-corrected chi connectivity index (χ0v) is 38.0. The quantitative estimate of drug-likeness (QED) is 0.0203. The van der Waals surface area contributed by atoms with Crippen molar-refractivity contribution < 1.29 is 57.1 Å². The van der Waals surface area contributed by atoms with Crippen LogP contribution < -0.4 is 4.89 Å². The number of unbranched alkanes of at least 4 members (excludes halogenated alkanes) is 11. The van der Waals surface area contributed by atoms with Crippen molar-refractivity contribution in [2.75, 3.05) is 47.5 Å². The van der Waals surface area contributed by atoms with Crippen LogP contribution in [0.4, 0.5) is 0 Å². The van der Waals surface area contributed by atoms with E-state index in [0.29, 0.717) is 43.1 Å². The molecule has 0 bridgehead atoms. The van der Waals surface area contributed by atoms with E-state index in [-0.39, 0.29) is 44.2 Å². The summed E-state index contributed by atoms with van der Waals surface area (Å²) in [6, 6.07) is 0. The molecular formula is C46H80NO11P. The Morgan fingerprint density at radius 3 is 2.12 bits per heavy atom. The molecule has 1 unspecified atom stereocenters. The first kappa shape index (κ1) is 54.6. The van der Waals surface area contributed by atoms with Gasteiger partial charge in [0, 0.05) is 31.1 Å². The number of likely N-dealkylation sites (N-methyl/N-ethyl adjacent to an activating group) is 1. The highest BCUT2D eigenvalue weighted by atomic mass is 31.2. The van der Waals surface area contributed by atoms with Crippen molar-refractivity contribution in [3.8, 4) is 0 Å². The maximum atomic E-state index is 12.7. The minimum absolute atomic E-state index is 0.0305. The van der Waals surface area contributed by atoms with Crippen molar-refractivity contribution in [3.63, 3.8) is 0 Å². The van der Waals surface area contributed by atoms with E-state index in [1.54, 1.807) is 12.2 Å². The van der Waals surface area contributed by atoms with Gasteiger partial charge in [0.1, 0.15) is 25.5 Å². The number of hydrogen-bond acceptors (Lipinski definition) is 11. The second kappa shape index (κ2) is 33.2. The number of aliphatic hydroxyl groups is 2. The molecule has 0 amide bonds. The fourth-order valence-electron chi connectivity index (χ4n) is 6.55. The molecule has 0 saturated heterocycles. The third-order valence-corrected chi connectivity index (χ3v) is 11.2. The molecule has 6 atom stereocenters. The maximum Gasteiger partial charge on any atom is 0.306 e. The number of allylic oxidation sites excluding steroid dienone is 7. The Bertz CT molecular complexity index is 1310. The van der Waals surface area contributed by atoms with Crippen LogP contribution in [0.5, 0.6) is 0 Å². The van der Waals surface area contributed by atoms with Crippen LogP contribution in [0.2, 0.25) is 0 Å². The maximum absolute atomic E-state index is 12.7. The third-order valence-electron chi connectivity index (χ3n) is 10.2. The predicted octanol–water partition coefficient (Wildman–Crippen LogP) is 8.64. The van der Waals surface area contributed by atoms with E-state index in [2.05, 4.69) is 38.2 Å². The van der Waals surface area contributed by atoms with E-state index in [9.17, 15) is 34.1 Å². The molecule has 2 N–H and O–H groups in total. The van der Waals surface area contributed by atoms with Gasteiger partial charge in [0.05, 0.1) is 40.0 Å². The number of ether oxygens (including phenoxy) is 2. The number of carbonyl (C=O) groups is 3. The van der Waals surface area contributed by atoms with E-state index in [1.807, 2.05) is 33.3 Å². The summed E-state index contributed by atoms with van der Waals surface area (Å²) in [5.74, 6) is -1.80. The van der Waals surface area contributed by atoms with Crippen LogP contribution >= 0.6 is 7.82 Å². The molecule has 12 nitrogen and oxygen atoms in total. The minimum Gasteiger partial charge on any atom is -0.756 e. The van der Waals surface area contributed by atoms with Crippen LogP contribution in [0.15, 0.2) is 48.6 Å². The Labute approximate surface area is 356 Å². The highest BCUT2D eigenvalue weighted by molar-refractivity contribution is 7.45. The summed E-state index contributed by atoms with van der Waals surface area (Å²) in [7, 11) is 1.00. The van der Waals surface area contributed by atoms with Crippen LogP contribution in [0.3, 0.4) is 0 Å². The van der Waals surface area contributed by atoms with Crippen molar-refractivity contribution >= 4 is 25.5 Å². The van der Waals surface area contributed by atoms with Gasteiger partial charge in [-0.1, -0.05) is 114 Å². The zero-order chi connectivity index (χ0) is 43.8. The second-order valence-corrected chi connectivity index (χ2v) is 18.3. The summed E-state index contributed by atoms with van der Waals surface area (Å²) in [6.45, 7) is 3.76. The van der Waals surface area contributed by atoms with E-state index in [1.165, 1.54) is 19.3 Å². The number of rotatable bonds is 36. The van der Waals surface area contributed by atoms with Gasteiger partial charge >= 0.3 is 11.9 Å². The molecule has 0 aromatic heterocycles. The van der Waals surface area contributed by atoms with Gasteiger partial charge in [-0.05, 0) is 64.2 Å². The average Bonchev–Trinajstić information content (AvgIpc) is 3.44. The first-order valence-corrected chi connectivity index (χ1v) is 23.9. The van der Waals surface area contributed by atoms with Crippen LogP contribution in [0.25, 0.3) is 0 Å². The zero-order valence-electron chi connectivity index (χ0n) is 37.1. The molecule has 0 aromatic carbocycles. The molecule has 0 spiro atoms. The van der Waals surface area contributed by atoms with Gasteiger partial charge in [-0.3, -0.25) is 18.9 Å². The topological polar surface area (TPSA) is 169 Å². The fraction of sp³-hybridized carbons (Fsp3) is 0.761. The summed E-state index contributed by atoms with van der Waals surface area (Å²) in [4.78, 5) is 50.2. The van der Waals surface area contributed by atoms with Crippen LogP contribution in [-0.4, -0.2) is 98.2 Å². The number of carbonyl (C=O) groups excluding carboxylic acids is 3. The minimum atomic E-state index is -4.70. The molecule has 13 heteroatoms. The number of phosphoric acid groups is 1. The van der Waals surface area contributed by atoms with Gasteiger partial charge in [-0.15, -0.1) is 0 Å². The Hall–Kier alpha value is -2.44. The summed E-state index contributed by atoms with van der Waals surface area (Å²) in [5, 5.41) is 20.7. The number of Topliss-reactive ketones (excluding diaryl/α,β-unsaturated/α-hetero) is 1. The summed E-state index contributed by atoms with van der Waals surface area (Å²) < 4.78 is 33.8. The number of phosphoric ester groups is 1. The van der Waals surface area contributed by atoms with Gasteiger partial charge in [0.15, 0.2) is 6.10 Å². The lowest BCUT2D eigenvalue weighted by Crippen LogP contribution is -2.37. The van der Waals surface area contributed by atoms with Gasteiger partial charge in [0.25, 0.3) is 7.82 Å². The Kier molecular flexibility index (Phi) is 30.7. The average molecular weight is 854 g/mol. The first-order valence-electron chi connectivity index (χ1n) is 22.4. The van der Waals surface area contributed by atoms with Crippen molar-refractivity contribution in [1.82, 2.24) is 0 Å². The SMILES string of the molecule is CCCCC/C=C\C/C=C\CCCCCCCC(=O)O[C@H](COC(=O)CCC/C=C\C[C@H]1[C@@H](O)CC(=O)[C@@H]1/C=C/[C@@H](O)CCCCC)COP(=O)([O-])OCC[N+](C)(C)C. The summed E-state index contributed by atoms with van der Waals surface area (Å²) >= 11 is 0. The highest BCUT2D eigenvalue weighted by Crippen LogP contribution is 2.38. The lowest BCUT2D eigenvalue weighted by atomic mass is 9.90.